The van der Waals surface area contributed by atoms with Gasteiger partial charge in [0.25, 0.3) is 0 Å². The van der Waals surface area contributed by atoms with Crippen LogP contribution in [0.15, 0.2) is 30.7 Å². The molecule has 1 N–H and O–H groups in total. The minimum atomic E-state index is -0.613. The van der Waals surface area contributed by atoms with Crippen LogP contribution in [0, 0.1) is 12.7 Å². The Bertz CT molecular complexity index is 551. The molecule has 1 aromatic carbocycles. The highest BCUT2D eigenvalue weighted by molar-refractivity contribution is 5.28. The molecule has 2 rings (SSSR count). The van der Waals surface area contributed by atoms with E-state index in [0.29, 0.717) is 6.42 Å². The molecule has 0 spiro atoms. The summed E-state index contributed by atoms with van der Waals surface area (Å²) in [6.45, 7) is 4.78. The lowest BCUT2D eigenvalue weighted by Gasteiger charge is -2.14. The smallest absolute Gasteiger partial charge is 0.123 e. The van der Waals surface area contributed by atoms with Crippen molar-refractivity contribution in [1.82, 2.24) is 9.55 Å². The van der Waals surface area contributed by atoms with Gasteiger partial charge in [-0.1, -0.05) is 13.0 Å². The maximum absolute atomic E-state index is 13.0. The molecule has 4 heteroatoms. The lowest BCUT2D eigenvalue weighted by Crippen LogP contribution is -2.10. The first-order valence-corrected chi connectivity index (χ1v) is 6.55. The molecule has 0 amide bonds. The van der Waals surface area contributed by atoms with Crippen LogP contribution >= 0.6 is 0 Å². The van der Waals surface area contributed by atoms with Gasteiger partial charge in [0, 0.05) is 13.0 Å². The number of nitrogens with zero attached hydrogens (tertiary/aromatic N) is 2. The summed E-state index contributed by atoms with van der Waals surface area (Å²) in [7, 11) is 0. The summed E-state index contributed by atoms with van der Waals surface area (Å²) in [6.07, 6.45) is 4.28. The van der Waals surface area contributed by atoms with E-state index < -0.39 is 6.10 Å². The molecule has 102 valence electrons. The van der Waals surface area contributed by atoms with E-state index in [1.807, 2.05) is 11.5 Å². The molecule has 0 fully saturated rings. The molecule has 1 heterocycles. The van der Waals surface area contributed by atoms with Crippen LogP contribution in [-0.4, -0.2) is 14.7 Å². The van der Waals surface area contributed by atoms with Gasteiger partial charge in [-0.05, 0) is 36.6 Å². The predicted molar refractivity (Wildman–Crippen MR) is 72.3 cm³/mol. The van der Waals surface area contributed by atoms with E-state index in [0.717, 1.165) is 29.8 Å². The lowest BCUT2D eigenvalue weighted by molar-refractivity contribution is 0.168. The third-order valence-corrected chi connectivity index (χ3v) is 3.27. The van der Waals surface area contributed by atoms with E-state index in [1.54, 1.807) is 18.6 Å². The Balaban J connectivity index is 2.16. The van der Waals surface area contributed by atoms with Gasteiger partial charge in [0.15, 0.2) is 0 Å². The third kappa shape index (κ3) is 3.20. The first kappa shape index (κ1) is 13.7. The number of halogens is 1. The zero-order chi connectivity index (χ0) is 13.8. The van der Waals surface area contributed by atoms with Gasteiger partial charge in [0.05, 0.1) is 24.3 Å². The normalized spacial score (nSPS) is 12.6. The molecule has 0 aliphatic carbocycles. The molecule has 19 heavy (non-hydrogen) atoms. The van der Waals surface area contributed by atoms with E-state index in [2.05, 4.69) is 11.9 Å². The van der Waals surface area contributed by atoms with Crippen molar-refractivity contribution < 1.29 is 9.50 Å². The van der Waals surface area contributed by atoms with Crippen molar-refractivity contribution in [1.29, 1.82) is 0 Å². The molecule has 0 radical (unpaired) electrons. The van der Waals surface area contributed by atoms with Crippen molar-refractivity contribution in [3.63, 3.8) is 0 Å². The zero-order valence-corrected chi connectivity index (χ0v) is 11.3. The van der Waals surface area contributed by atoms with Gasteiger partial charge in [-0.3, -0.25) is 0 Å². The molecule has 0 aliphatic rings. The van der Waals surface area contributed by atoms with E-state index >= 15 is 0 Å². The molecule has 0 saturated heterocycles. The molecule has 0 saturated carbocycles. The minimum Gasteiger partial charge on any atom is -0.386 e. The van der Waals surface area contributed by atoms with E-state index in [1.165, 1.54) is 12.1 Å². The highest BCUT2D eigenvalue weighted by Gasteiger charge is 2.14. The monoisotopic (exact) mass is 262 g/mol. The highest BCUT2D eigenvalue weighted by Crippen LogP contribution is 2.21. The molecule has 3 nitrogen and oxygen atoms in total. The largest absolute Gasteiger partial charge is 0.386 e. The maximum atomic E-state index is 13.0. The van der Waals surface area contributed by atoms with Crippen molar-refractivity contribution in [3.8, 4) is 0 Å². The number of hydrogen-bond donors (Lipinski definition) is 1. The summed E-state index contributed by atoms with van der Waals surface area (Å²) >= 11 is 0. The number of aryl methyl sites for hydroxylation is 2. The molecule has 1 aromatic heterocycles. The fourth-order valence-corrected chi connectivity index (χ4v) is 2.24. The third-order valence-electron chi connectivity index (χ3n) is 3.27. The van der Waals surface area contributed by atoms with Crippen molar-refractivity contribution in [2.24, 2.45) is 0 Å². The van der Waals surface area contributed by atoms with Crippen molar-refractivity contribution in [3.05, 3.63) is 53.4 Å². The van der Waals surface area contributed by atoms with Gasteiger partial charge in [0.2, 0.25) is 0 Å². The van der Waals surface area contributed by atoms with Crippen LogP contribution in [0.3, 0.4) is 0 Å². The van der Waals surface area contributed by atoms with Crippen molar-refractivity contribution >= 4 is 0 Å². The summed E-state index contributed by atoms with van der Waals surface area (Å²) in [4.78, 5) is 4.08. The van der Waals surface area contributed by atoms with E-state index in [4.69, 9.17) is 0 Å². The van der Waals surface area contributed by atoms with Crippen LogP contribution in [0.2, 0.25) is 0 Å². The Labute approximate surface area is 112 Å². The van der Waals surface area contributed by atoms with Gasteiger partial charge < -0.3 is 9.67 Å². The van der Waals surface area contributed by atoms with Crippen LogP contribution in [0.25, 0.3) is 0 Å². The van der Waals surface area contributed by atoms with Crippen LogP contribution in [0.4, 0.5) is 4.39 Å². The van der Waals surface area contributed by atoms with Crippen LogP contribution < -0.4 is 0 Å². The van der Waals surface area contributed by atoms with Crippen molar-refractivity contribution in [2.45, 2.75) is 39.3 Å². The number of aliphatic hydroxyl groups excluding tert-OH is 1. The van der Waals surface area contributed by atoms with Gasteiger partial charge in [0.1, 0.15) is 5.82 Å². The summed E-state index contributed by atoms with van der Waals surface area (Å²) in [5.41, 5.74) is 2.63. The number of aliphatic hydroxyl groups is 1. The molecule has 1 unspecified atom stereocenters. The topological polar surface area (TPSA) is 38.0 Å². The first-order valence-electron chi connectivity index (χ1n) is 6.55. The van der Waals surface area contributed by atoms with Gasteiger partial charge >= 0.3 is 0 Å². The summed E-state index contributed by atoms with van der Waals surface area (Å²) in [6, 6.07) is 4.65. The number of rotatable bonds is 5. The Morgan fingerprint density at radius 2 is 2.21 bits per heavy atom. The molecule has 0 aliphatic heterocycles. The molecular weight excluding hydrogens is 243 g/mol. The molecule has 0 bridgehead atoms. The molecule has 2 aromatic rings. The predicted octanol–water partition coefficient (Wildman–Crippen LogP) is 3.02. The first-order chi connectivity index (χ1) is 9.11. The fraction of sp³-hybridized carbons (Fsp3) is 0.400. The van der Waals surface area contributed by atoms with E-state index in [9.17, 15) is 9.50 Å². The Hall–Kier alpha value is -1.68. The number of aromatic nitrogens is 2. The average molecular weight is 262 g/mol. The van der Waals surface area contributed by atoms with Gasteiger partial charge in [-0.25, -0.2) is 9.37 Å². The second-order valence-corrected chi connectivity index (χ2v) is 4.80. The minimum absolute atomic E-state index is 0.244. The van der Waals surface area contributed by atoms with Crippen LogP contribution in [-0.2, 0) is 13.0 Å². The fourth-order valence-electron chi connectivity index (χ4n) is 2.24. The summed E-state index contributed by atoms with van der Waals surface area (Å²) in [5.74, 6) is -0.244. The Morgan fingerprint density at radius 3 is 2.89 bits per heavy atom. The Morgan fingerprint density at radius 1 is 1.42 bits per heavy atom. The number of imidazole rings is 1. The SMILES string of the molecule is CCCn1cncc1C(O)Cc1ccc(F)cc1C. The second-order valence-electron chi connectivity index (χ2n) is 4.80. The highest BCUT2D eigenvalue weighted by atomic mass is 19.1. The van der Waals surface area contributed by atoms with Crippen LogP contribution in [0.5, 0.6) is 0 Å². The molecular formula is C15H19FN2O. The maximum Gasteiger partial charge on any atom is 0.123 e. The van der Waals surface area contributed by atoms with E-state index in [-0.39, 0.29) is 5.82 Å². The quantitative estimate of drug-likeness (QED) is 0.899. The number of hydrogen-bond acceptors (Lipinski definition) is 2. The lowest BCUT2D eigenvalue weighted by atomic mass is 10.0. The summed E-state index contributed by atoms with van der Waals surface area (Å²) in [5, 5.41) is 10.3. The van der Waals surface area contributed by atoms with Gasteiger partial charge in [-0.2, -0.15) is 0 Å². The number of benzene rings is 1. The second kappa shape index (κ2) is 5.97. The zero-order valence-electron chi connectivity index (χ0n) is 11.3. The standard InChI is InChI=1S/C15H19FN2O/c1-3-6-18-10-17-9-14(18)15(19)8-12-4-5-13(16)7-11(12)2/h4-5,7,9-10,15,19H,3,6,8H2,1-2H3. The van der Waals surface area contributed by atoms with Crippen molar-refractivity contribution in [2.75, 3.05) is 0 Å². The summed E-state index contributed by atoms with van der Waals surface area (Å²) < 4.78 is 15.0. The van der Waals surface area contributed by atoms with Crippen LogP contribution in [0.1, 0.15) is 36.3 Å². The molecule has 1 atom stereocenters. The van der Waals surface area contributed by atoms with Gasteiger partial charge in [-0.15, -0.1) is 0 Å². The average Bonchev–Trinajstić information content (AvgIpc) is 2.81. The Kier molecular flexibility index (Phi) is 4.32.